The summed E-state index contributed by atoms with van der Waals surface area (Å²) in [6, 6.07) is 9.75. The highest BCUT2D eigenvalue weighted by atomic mass is 32.2. The highest BCUT2D eigenvalue weighted by molar-refractivity contribution is 7.84. The summed E-state index contributed by atoms with van der Waals surface area (Å²) in [6.45, 7) is 9.83. The van der Waals surface area contributed by atoms with Gasteiger partial charge in [0.2, 0.25) is 0 Å². The Labute approximate surface area is 139 Å². The number of nitrogens with one attached hydrogen (secondary N) is 1. The Balaban J connectivity index is 0.00000116. The van der Waals surface area contributed by atoms with Crippen molar-refractivity contribution in [3.05, 3.63) is 47.0 Å². The van der Waals surface area contributed by atoms with Crippen molar-refractivity contribution in [2.45, 2.75) is 45.4 Å². The van der Waals surface area contributed by atoms with Crippen LogP contribution >= 0.6 is 11.3 Å². The fraction of sp³-hybridized carbons (Fsp3) is 0.438. The van der Waals surface area contributed by atoms with Crippen molar-refractivity contribution in [3.8, 4) is 0 Å². The molecule has 1 aromatic heterocycles. The summed E-state index contributed by atoms with van der Waals surface area (Å²) in [6.07, 6.45) is 1.74. The van der Waals surface area contributed by atoms with Gasteiger partial charge in [0.25, 0.3) is 0 Å². The third kappa shape index (κ3) is 5.19. The van der Waals surface area contributed by atoms with E-state index in [1.165, 1.54) is 11.3 Å². The molecule has 0 unspecified atom stereocenters. The van der Waals surface area contributed by atoms with Crippen LogP contribution < -0.4 is 10.5 Å². The summed E-state index contributed by atoms with van der Waals surface area (Å²) < 4.78 is 15.2. The zero-order valence-electron chi connectivity index (χ0n) is 13.8. The molecule has 0 spiro atoms. The number of rotatable bonds is 4. The van der Waals surface area contributed by atoms with Crippen LogP contribution in [0.3, 0.4) is 0 Å². The number of thiazole rings is 1. The molecule has 0 aliphatic heterocycles. The molecule has 0 saturated heterocycles. The normalized spacial score (nSPS) is 13.9. The van der Waals surface area contributed by atoms with Crippen molar-refractivity contribution in [1.29, 1.82) is 0 Å². The van der Waals surface area contributed by atoms with Gasteiger partial charge in [0, 0.05) is 11.1 Å². The topological polar surface area (TPSA) is 68.0 Å². The van der Waals surface area contributed by atoms with E-state index in [9.17, 15) is 4.21 Å². The number of benzene rings is 1. The Morgan fingerprint density at radius 3 is 2.27 bits per heavy atom. The van der Waals surface area contributed by atoms with Crippen LogP contribution in [0.1, 0.15) is 51.1 Å². The summed E-state index contributed by atoms with van der Waals surface area (Å²) in [4.78, 5) is 5.05. The summed E-state index contributed by atoms with van der Waals surface area (Å²) in [5.41, 5.74) is 6.76. The summed E-state index contributed by atoms with van der Waals surface area (Å²) in [5, 5.41) is 0.518. The molecular weight excluding hydrogens is 314 g/mol. The minimum Gasteiger partial charge on any atom is -0.375 e. The minimum absolute atomic E-state index is 0.161. The summed E-state index contributed by atoms with van der Waals surface area (Å²) >= 11 is 1.41. The van der Waals surface area contributed by atoms with E-state index in [1.54, 1.807) is 6.20 Å². The van der Waals surface area contributed by atoms with Gasteiger partial charge in [0.05, 0.1) is 21.8 Å². The number of nitrogens with zero attached hydrogens (tertiary/aromatic N) is 1. The van der Waals surface area contributed by atoms with E-state index in [4.69, 9.17) is 5.73 Å². The maximum absolute atomic E-state index is 12.4. The van der Waals surface area contributed by atoms with E-state index in [0.717, 1.165) is 10.4 Å². The molecule has 0 aliphatic carbocycles. The highest BCUT2D eigenvalue weighted by Gasteiger charge is 2.25. The number of hydrogen-bond acceptors (Lipinski definition) is 4. The minimum atomic E-state index is -1.17. The molecule has 1 aromatic carbocycles. The lowest BCUT2D eigenvalue weighted by Gasteiger charge is -2.23. The zero-order valence-corrected chi connectivity index (χ0v) is 15.4. The maximum atomic E-state index is 12.4. The first-order valence-corrected chi connectivity index (χ1v) is 9.29. The maximum Gasteiger partial charge on any atom is 0.180 e. The molecule has 4 nitrogen and oxygen atoms in total. The molecule has 2 aromatic rings. The van der Waals surface area contributed by atoms with E-state index in [0.29, 0.717) is 5.13 Å². The fourth-order valence-corrected chi connectivity index (χ4v) is 3.32. The molecule has 2 rings (SSSR count). The van der Waals surface area contributed by atoms with Crippen LogP contribution in [0, 0.1) is 0 Å². The molecule has 0 saturated carbocycles. The molecule has 3 N–H and O–H groups in total. The molecular formula is C16H25N3OS2. The molecule has 1 heterocycles. The standard InChI is InChI=1S/C14H19N3OS2.C2H6/c1-14(2,3)20(18)17-12(10-7-5-4-6-8-10)11-9-16-13(15)19-11;1-2/h4-9,12,17H,1-3H3,(H2,15,16);1-2H3/t12-,20-;/m1./s1. The smallest absolute Gasteiger partial charge is 0.180 e. The molecule has 0 aliphatic rings. The number of anilines is 1. The van der Waals surface area contributed by atoms with Crippen molar-refractivity contribution in [3.63, 3.8) is 0 Å². The van der Waals surface area contributed by atoms with Gasteiger partial charge in [0.1, 0.15) is 0 Å². The largest absolute Gasteiger partial charge is 0.375 e. The first-order chi connectivity index (χ1) is 10.4. The third-order valence-corrected chi connectivity index (χ3v) is 5.19. The van der Waals surface area contributed by atoms with Crippen LogP contribution in [-0.2, 0) is 11.0 Å². The second kappa shape index (κ2) is 8.41. The van der Waals surface area contributed by atoms with Crippen LogP contribution in [-0.4, -0.2) is 13.9 Å². The SMILES string of the molecule is CC.CC(C)(C)[S@@](=O)N[C@H](c1ccccc1)c1cnc(N)s1. The Morgan fingerprint density at radius 1 is 1.23 bits per heavy atom. The average molecular weight is 340 g/mol. The second-order valence-electron chi connectivity index (χ2n) is 5.44. The highest BCUT2D eigenvalue weighted by Crippen LogP contribution is 2.29. The molecule has 6 heteroatoms. The molecule has 0 radical (unpaired) electrons. The lowest BCUT2D eigenvalue weighted by atomic mass is 10.1. The monoisotopic (exact) mass is 339 g/mol. The van der Waals surface area contributed by atoms with Crippen LogP contribution in [0.2, 0.25) is 0 Å². The molecule has 22 heavy (non-hydrogen) atoms. The van der Waals surface area contributed by atoms with Gasteiger partial charge >= 0.3 is 0 Å². The molecule has 0 fully saturated rings. The van der Waals surface area contributed by atoms with Gasteiger partial charge in [-0.1, -0.05) is 44.2 Å². The van der Waals surface area contributed by atoms with Gasteiger partial charge in [-0.3, -0.25) is 0 Å². The van der Waals surface area contributed by atoms with Gasteiger partial charge in [-0.25, -0.2) is 13.9 Å². The zero-order chi connectivity index (χ0) is 16.8. The van der Waals surface area contributed by atoms with Gasteiger partial charge in [0.15, 0.2) is 5.13 Å². The lowest BCUT2D eigenvalue weighted by molar-refractivity contribution is 0.625. The predicted molar refractivity (Wildman–Crippen MR) is 97.2 cm³/mol. The van der Waals surface area contributed by atoms with Gasteiger partial charge in [-0.2, -0.15) is 0 Å². The van der Waals surface area contributed by atoms with Crippen LogP contribution in [0.25, 0.3) is 0 Å². The second-order valence-corrected chi connectivity index (χ2v) is 8.54. The third-order valence-electron chi connectivity index (χ3n) is 2.74. The quantitative estimate of drug-likeness (QED) is 0.888. The molecule has 122 valence electrons. The number of nitrogen functional groups attached to an aromatic ring is 1. The van der Waals surface area contributed by atoms with E-state index >= 15 is 0 Å². The number of aromatic nitrogens is 1. The van der Waals surface area contributed by atoms with Crippen molar-refractivity contribution in [2.75, 3.05) is 5.73 Å². The van der Waals surface area contributed by atoms with Crippen LogP contribution in [0.15, 0.2) is 36.5 Å². The first kappa shape index (κ1) is 18.8. The van der Waals surface area contributed by atoms with Crippen molar-refractivity contribution >= 4 is 27.5 Å². The van der Waals surface area contributed by atoms with Gasteiger partial charge < -0.3 is 5.73 Å². The summed E-state index contributed by atoms with van der Waals surface area (Å²) in [7, 11) is -1.17. The fourth-order valence-electron chi connectivity index (χ4n) is 1.65. The average Bonchev–Trinajstić information content (AvgIpc) is 2.92. The van der Waals surface area contributed by atoms with Crippen LogP contribution in [0.4, 0.5) is 5.13 Å². The van der Waals surface area contributed by atoms with E-state index in [1.807, 2.05) is 65.0 Å². The van der Waals surface area contributed by atoms with Crippen molar-refractivity contribution in [2.24, 2.45) is 0 Å². The lowest BCUT2D eigenvalue weighted by Crippen LogP contribution is -2.35. The van der Waals surface area contributed by atoms with Gasteiger partial charge in [-0.05, 0) is 26.3 Å². The van der Waals surface area contributed by atoms with Gasteiger partial charge in [-0.15, -0.1) is 11.3 Å². The first-order valence-electron chi connectivity index (χ1n) is 7.32. The molecule has 0 amide bonds. The Morgan fingerprint density at radius 2 is 1.82 bits per heavy atom. The summed E-state index contributed by atoms with van der Waals surface area (Å²) in [5.74, 6) is 0. The Bertz CT molecular complexity index is 591. The Kier molecular flexibility index (Phi) is 7.19. The van der Waals surface area contributed by atoms with E-state index in [-0.39, 0.29) is 10.8 Å². The van der Waals surface area contributed by atoms with Crippen LogP contribution in [0.5, 0.6) is 0 Å². The number of hydrogen-bond donors (Lipinski definition) is 2. The molecule has 2 atom stereocenters. The Hall–Kier alpha value is -1.24. The van der Waals surface area contributed by atoms with Crippen molar-refractivity contribution in [1.82, 2.24) is 9.71 Å². The molecule has 0 bridgehead atoms. The van der Waals surface area contributed by atoms with E-state index < -0.39 is 11.0 Å². The van der Waals surface area contributed by atoms with E-state index in [2.05, 4.69) is 9.71 Å². The predicted octanol–water partition coefficient (Wildman–Crippen LogP) is 3.89. The number of nitrogens with two attached hydrogens (primary N) is 1. The van der Waals surface area contributed by atoms with Crippen molar-refractivity contribution < 1.29 is 4.21 Å².